The summed E-state index contributed by atoms with van der Waals surface area (Å²) in [5, 5.41) is 3.57. The number of anilines is 2. The van der Waals surface area contributed by atoms with E-state index in [9.17, 15) is 13.6 Å². The van der Waals surface area contributed by atoms with Crippen LogP contribution in [0.15, 0.2) is 30.5 Å². The first-order chi connectivity index (χ1) is 13.3. The molecule has 0 atom stereocenters. The molecule has 1 aliphatic heterocycles. The molecule has 2 amide bonds. The third kappa shape index (κ3) is 4.74. The molecule has 0 spiro atoms. The Hall–Kier alpha value is -2.32. The van der Waals surface area contributed by atoms with Crippen LogP contribution in [0.5, 0.6) is 5.75 Å². The van der Waals surface area contributed by atoms with E-state index in [0.29, 0.717) is 47.6 Å². The lowest BCUT2D eigenvalue weighted by molar-refractivity contribution is -0.0493. The van der Waals surface area contributed by atoms with E-state index in [1.165, 1.54) is 12.3 Å². The van der Waals surface area contributed by atoms with Crippen molar-refractivity contribution < 1.29 is 18.3 Å². The highest BCUT2D eigenvalue weighted by atomic mass is 35.5. The van der Waals surface area contributed by atoms with Crippen molar-refractivity contribution in [1.82, 2.24) is 9.88 Å². The first kappa shape index (κ1) is 20.4. The second-order valence-electron chi connectivity index (χ2n) is 6.19. The highest BCUT2D eigenvalue weighted by Crippen LogP contribution is 2.30. The summed E-state index contributed by atoms with van der Waals surface area (Å²) in [6, 6.07) is 5.92. The van der Waals surface area contributed by atoms with E-state index >= 15 is 0 Å². The zero-order valence-corrected chi connectivity index (χ0v) is 16.5. The smallest absolute Gasteiger partial charge is 0.387 e. The van der Waals surface area contributed by atoms with E-state index in [4.69, 9.17) is 23.2 Å². The number of urea groups is 1. The van der Waals surface area contributed by atoms with Crippen molar-refractivity contribution in [2.75, 3.05) is 36.4 Å². The largest absolute Gasteiger partial charge is 0.433 e. The van der Waals surface area contributed by atoms with Crippen molar-refractivity contribution in [2.24, 2.45) is 0 Å². The van der Waals surface area contributed by atoms with Crippen molar-refractivity contribution in [3.8, 4) is 5.75 Å². The van der Waals surface area contributed by atoms with Crippen LogP contribution in [0.1, 0.15) is 5.56 Å². The molecule has 10 heteroatoms. The molecule has 2 heterocycles. The second-order valence-corrected chi connectivity index (χ2v) is 7.03. The highest BCUT2D eigenvalue weighted by molar-refractivity contribution is 6.36. The molecule has 0 aliphatic carbocycles. The fourth-order valence-electron chi connectivity index (χ4n) is 2.94. The standard InChI is InChI=1S/C18H18Cl2F2N4O2/c1-11-3-2-4-14(28-17(21)22)15(11)24-18(27)26-7-5-25(6-8-26)16-13(20)9-12(19)10-23-16/h2-4,9-10,17H,5-8H2,1H3,(H,24,27). The Bertz CT molecular complexity index is 861. The van der Waals surface area contributed by atoms with Crippen LogP contribution in [0.4, 0.5) is 25.1 Å². The van der Waals surface area contributed by atoms with Crippen molar-refractivity contribution >= 4 is 40.7 Å². The molecule has 6 nitrogen and oxygen atoms in total. The number of ether oxygens (including phenoxy) is 1. The number of benzene rings is 1. The van der Waals surface area contributed by atoms with E-state index < -0.39 is 6.61 Å². The molecule has 0 bridgehead atoms. The number of amides is 2. The van der Waals surface area contributed by atoms with Crippen LogP contribution in [0, 0.1) is 6.92 Å². The average molecular weight is 431 g/mol. The summed E-state index contributed by atoms with van der Waals surface area (Å²) in [5.74, 6) is 0.539. The van der Waals surface area contributed by atoms with Crippen molar-refractivity contribution in [3.63, 3.8) is 0 Å². The molecule has 3 rings (SSSR count). The Morgan fingerprint density at radius 1 is 1.25 bits per heavy atom. The number of carbonyl (C=O) groups excluding carboxylic acids is 1. The minimum Gasteiger partial charge on any atom is -0.433 e. The first-order valence-electron chi connectivity index (χ1n) is 8.51. The van der Waals surface area contributed by atoms with Gasteiger partial charge in [0.15, 0.2) is 0 Å². The van der Waals surface area contributed by atoms with Gasteiger partial charge in [0.1, 0.15) is 11.6 Å². The van der Waals surface area contributed by atoms with Crippen molar-refractivity contribution in [1.29, 1.82) is 0 Å². The monoisotopic (exact) mass is 430 g/mol. The van der Waals surface area contributed by atoms with Gasteiger partial charge in [0.2, 0.25) is 0 Å². The van der Waals surface area contributed by atoms with E-state index in [-0.39, 0.29) is 17.5 Å². The zero-order chi connectivity index (χ0) is 20.3. The molecule has 28 heavy (non-hydrogen) atoms. The maximum atomic E-state index is 12.6. The van der Waals surface area contributed by atoms with Crippen LogP contribution in [-0.4, -0.2) is 48.7 Å². The SMILES string of the molecule is Cc1cccc(OC(F)F)c1NC(=O)N1CCN(c2ncc(Cl)cc2Cl)CC1. The van der Waals surface area contributed by atoms with Gasteiger partial charge in [0, 0.05) is 32.4 Å². The summed E-state index contributed by atoms with van der Waals surface area (Å²) < 4.78 is 29.7. The van der Waals surface area contributed by atoms with E-state index in [0.717, 1.165) is 0 Å². The van der Waals surface area contributed by atoms with Crippen LogP contribution < -0.4 is 15.0 Å². The van der Waals surface area contributed by atoms with Gasteiger partial charge < -0.3 is 19.9 Å². The Kier molecular flexibility index (Phi) is 6.41. The molecule has 150 valence electrons. The Morgan fingerprint density at radius 3 is 2.61 bits per heavy atom. The molecule has 1 aromatic carbocycles. The van der Waals surface area contributed by atoms with E-state index in [1.54, 1.807) is 30.0 Å². The number of para-hydroxylation sites is 1. The van der Waals surface area contributed by atoms with Gasteiger partial charge in [0.05, 0.1) is 15.7 Å². The molecular weight excluding hydrogens is 413 g/mol. The molecular formula is C18H18Cl2F2N4O2. The maximum Gasteiger partial charge on any atom is 0.387 e. The number of carbonyl (C=O) groups is 1. The van der Waals surface area contributed by atoms with E-state index in [2.05, 4.69) is 15.0 Å². The number of aromatic nitrogens is 1. The average Bonchev–Trinajstić information content (AvgIpc) is 2.64. The number of pyridine rings is 1. The summed E-state index contributed by atoms with van der Waals surface area (Å²) in [6.45, 7) is 0.622. The van der Waals surface area contributed by atoms with Gasteiger partial charge in [-0.25, -0.2) is 9.78 Å². The molecule has 1 saturated heterocycles. The molecule has 0 radical (unpaired) electrons. The number of alkyl halides is 2. The number of halogens is 4. The molecule has 0 unspecified atom stereocenters. The quantitative estimate of drug-likeness (QED) is 0.766. The minimum absolute atomic E-state index is 0.0702. The molecule has 1 aromatic heterocycles. The fourth-order valence-corrected chi connectivity index (χ4v) is 3.44. The Labute approximate surface area is 171 Å². The summed E-state index contributed by atoms with van der Waals surface area (Å²) in [7, 11) is 0. The maximum absolute atomic E-state index is 12.6. The molecule has 1 N–H and O–H groups in total. The number of aryl methyl sites for hydroxylation is 1. The van der Waals surface area contributed by atoms with Gasteiger partial charge in [-0.3, -0.25) is 0 Å². The Balaban J connectivity index is 1.65. The summed E-state index contributed by atoms with van der Waals surface area (Å²) in [4.78, 5) is 20.4. The zero-order valence-electron chi connectivity index (χ0n) is 15.0. The number of rotatable bonds is 4. The second kappa shape index (κ2) is 8.79. The van der Waals surface area contributed by atoms with Crippen molar-refractivity contribution in [2.45, 2.75) is 13.5 Å². The third-order valence-corrected chi connectivity index (χ3v) is 4.82. The van der Waals surface area contributed by atoms with Crippen LogP contribution in [-0.2, 0) is 0 Å². The van der Waals surface area contributed by atoms with Crippen LogP contribution >= 0.6 is 23.2 Å². The summed E-state index contributed by atoms with van der Waals surface area (Å²) >= 11 is 12.1. The lowest BCUT2D eigenvalue weighted by Gasteiger charge is -2.35. The topological polar surface area (TPSA) is 57.7 Å². The van der Waals surface area contributed by atoms with Gasteiger partial charge in [-0.1, -0.05) is 35.3 Å². The lowest BCUT2D eigenvalue weighted by Crippen LogP contribution is -2.50. The minimum atomic E-state index is -2.97. The van der Waals surface area contributed by atoms with Crippen LogP contribution in [0.2, 0.25) is 10.0 Å². The van der Waals surface area contributed by atoms with Gasteiger partial charge in [-0.05, 0) is 24.6 Å². The Morgan fingerprint density at radius 2 is 1.96 bits per heavy atom. The highest BCUT2D eigenvalue weighted by Gasteiger charge is 2.24. The summed E-state index contributed by atoms with van der Waals surface area (Å²) in [5.41, 5.74) is 0.861. The first-order valence-corrected chi connectivity index (χ1v) is 9.27. The normalized spacial score (nSPS) is 14.4. The molecule has 0 saturated carbocycles. The molecule has 1 fully saturated rings. The van der Waals surface area contributed by atoms with Crippen LogP contribution in [0.3, 0.4) is 0 Å². The van der Waals surface area contributed by atoms with Gasteiger partial charge in [0.25, 0.3) is 0 Å². The number of hydrogen-bond donors (Lipinski definition) is 1. The van der Waals surface area contributed by atoms with Gasteiger partial charge >= 0.3 is 12.6 Å². The van der Waals surface area contributed by atoms with Gasteiger partial charge in [-0.15, -0.1) is 0 Å². The van der Waals surface area contributed by atoms with E-state index in [1.807, 2.05) is 4.90 Å². The van der Waals surface area contributed by atoms with Gasteiger partial charge in [-0.2, -0.15) is 8.78 Å². The predicted molar refractivity (Wildman–Crippen MR) is 105 cm³/mol. The summed E-state index contributed by atoms with van der Waals surface area (Å²) in [6.07, 6.45) is 1.52. The van der Waals surface area contributed by atoms with Crippen molar-refractivity contribution in [3.05, 3.63) is 46.1 Å². The number of nitrogens with one attached hydrogen (secondary N) is 1. The fraction of sp³-hybridized carbons (Fsp3) is 0.333. The molecule has 2 aromatic rings. The third-order valence-electron chi connectivity index (χ3n) is 4.34. The van der Waals surface area contributed by atoms with Crippen LogP contribution in [0.25, 0.3) is 0 Å². The predicted octanol–water partition coefficient (Wildman–Crippen LogP) is 4.65. The number of nitrogens with zero attached hydrogens (tertiary/aromatic N) is 3. The number of hydrogen-bond acceptors (Lipinski definition) is 4. The molecule has 1 aliphatic rings. The lowest BCUT2D eigenvalue weighted by atomic mass is 10.2. The number of piperazine rings is 1.